The van der Waals surface area contributed by atoms with Gasteiger partial charge in [0.25, 0.3) is 0 Å². The van der Waals surface area contributed by atoms with Crippen molar-refractivity contribution in [1.82, 2.24) is 15.1 Å². The normalized spacial score (nSPS) is 18.9. The van der Waals surface area contributed by atoms with Gasteiger partial charge < -0.3 is 35.1 Å². The minimum atomic E-state index is -1.02. The minimum absolute atomic E-state index is 0.0989. The highest BCUT2D eigenvalue weighted by Gasteiger charge is 2.44. The topological polar surface area (TPSA) is 158 Å². The van der Waals surface area contributed by atoms with E-state index in [0.29, 0.717) is 45.2 Å². The first kappa shape index (κ1) is 36.4. The number of carbonyl (C=O) groups is 5. The molecule has 3 N–H and O–H groups in total. The second-order valence-electron chi connectivity index (χ2n) is 13.3. The largest absolute Gasteiger partial charge is 0.460 e. The van der Waals surface area contributed by atoms with Gasteiger partial charge >= 0.3 is 18.0 Å². The van der Waals surface area contributed by atoms with Crippen LogP contribution in [0.3, 0.4) is 0 Å². The number of amides is 3. The fraction of sp³-hybridized carbons (Fsp3) is 0.528. The van der Waals surface area contributed by atoms with Gasteiger partial charge in [0.1, 0.15) is 43.0 Å². The zero-order chi connectivity index (χ0) is 34.7. The van der Waals surface area contributed by atoms with E-state index < -0.39 is 53.7 Å². The molecule has 0 bridgehead atoms. The number of nitrogens with one attached hydrogen (secondary N) is 1. The Morgan fingerprint density at radius 3 is 1.98 bits per heavy atom. The molecule has 2 aromatic carbocycles. The first-order valence-corrected chi connectivity index (χ1v) is 16.7. The van der Waals surface area contributed by atoms with Gasteiger partial charge in [-0.2, -0.15) is 0 Å². The maximum absolute atomic E-state index is 14.0. The molecule has 0 aromatic heterocycles. The summed E-state index contributed by atoms with van der Waals surface area (Å²) in [6.45, 7) is 6.08. The lowest BCUT2D eigenvalue weighted by Crippen LogP contribution is -2.55. The average Bonchev–Trinajstić information content (AvgIpc) is 3.76. The molecule has 1 unspecified atom stereocenters. The summed E-state index contributed by atoms with van der Waals surface area (Å²) in [4.78, 5) is 69.2. The van der Waals surface area contributed by atoms with Gasteiger partial charge in [-0.1, -0.05) is 60.7 Å². The molecular weight excluding hydrogens is 616 g/mol. The number of nitrogens with zero attached hydrogens (tertiary/aromatic N) is 2. The van der Waals surface area contributed by atoms with Crippen LogP contribution < -0.4 is 11.1 Å². The van der Waals surface area contributed by atoms with Crippen LogP contribution in [0.5, 0.6) is 0 Å². The van der Waals surface area contributed by atoms with Crippen LogP contribution >= 0.6 is 0 Å². The molecule has 12 nitrogen and oxygen atoms in total. The van der Waals surface area contributed by atoms with Crippen LogP contribution in [-0.4, -0.2) is 82.5 Å². The zero-order valence-corrected chi connectivity index (χ0v) is 28.1. The predicted molar refractivity (Wildman–Crippen MR) is 177 cm³/mol. The van der Waals surface area contributed by atoms with Crippen molar-refractivity contribution in [3.05, 3.63) is 71.8 Å². The van der Waals surface area contributed by atoms with Gasteiger partial charge in [-0.15, -0.1) is 0 Å². The smallest absolute Gasteiger partial charge is 0.408 e. The highest BCUT2D eigenvalue weighted by atomic mass is 16.6. The van der Waals surface area contributed by atoms with Crippen LogP contribution in [0.2, 0.25) is 0 Å². The van der Waals surface area contributed by atoms with Crippen LogP contribution in [0.4, 0.5) is 4.79 Å². The molecule has 260 valence electrons. The minimum Gasteiger partial charge on any atom is -0.460 e. The number of nitrogens with two attached hydrogens (primary N) is 1. The summed E-state index contributed by atoms with van der Waals surface area (Å²) in [5, 5.41) is 2.68. The van der Waals surface area contributed by atoms with Crippen molar-refractivity contribution in [1.29, 1.82) is 0 Å². The van der Waals surface area contributed by atoms with Gasteiger partial charge in [0.15, 0.2) is 0 Å². The summed E-state index contributed by atoms with van der Waals surface area (Å²) in [5.41, 5.74) is 6.99. The lowest BCUT2D eigenvalue weighted by Gasteiger charge is -2.33. The molecule has 2 heterocycles. The number of hydrogen-bond donors (Lipinski definition) is 2. The third-order valence-corrected chi connectivity index (χ3v) is 8.38. The number of alkyl carbamates (subject to hydrolysis) is 1. The number of hydrogen-bond acceptors (Lipinski definition) is 9. The summed E-state index contributed by atoms with van der Waals surface area (Å²) in [5.74, 6) is -1.77. The summed E-state index contributed by atoms with van der Waals surface area (Å²) >= 11 is 0. The van der Waals surface area contributed by atoms with Gasteiger partial charge in [0.05, 0.1) is 0 Å². The number of esters is 2. The molecular formula is C36H48N4O8. The van der Waals surface area contributed by atoms with Crippen LogP contribution in [0.15, 0.2) is 60.7 Å². The molecule has 2 aromatic rings. The quantitative estimate of drug-likeness (QED) is 0.240. The number of carbonyl (C=O) groups excluding carboxylic acids is 5. The van der Waals surface area contributed by atoms with Crippen LogP contribution in [0.1, 0.15) is 76.8 Å². The zero-order valence-electron chi connectivity index (χ0n) is 28.1. The molecule has 3 amide bonds. The lowest BCUT2D eigenvalue weighted by molar-refractivity contribution is -0.156. The Labute approximate surface area is 282 Å². The summed E-state index contributed by atoms with van der Waals surface area (Å²) < 4.78 is 16.3. The number of ether oxygens (including phenoxy) is 3. The van der Waals surface area contributed by atoms with Crippen LogP contribution in [0, 0.1) is 0 Å². The van der Waals surface area contributed by atoms with E-state index in [4.69, 9.17) is 19.9 Å². The van der Waals surface area contributed by atoms with Crippen molar-refractivity contribution in [3.8, 4) is 0 Å². The lowest BCUT2D eigenvalue weighted by atomic mass is 10.0. The number of benzene rings is 2. The molecule has 0 aliphatic carbocycles. The van der Waals surface area contributed by atoms with Crippen LogP contribution in [-0.2, 0) is 46.6 Å². The highest BCUT2D eigenvalue weighted by molar-refractivity contribution is 5.94. The average molecular weight is 665 g/mol. The van der Waals surface area contributed by atoms with E-state index in [1.807, 2.05) is 60.7 Å². The molecule has 4 rings (SSSR count). The van der Waals surface area contributed by atoms with Crippen molar-refractivity contribution in [3.63, 3.8) is 0 Å². The molecule has 2 aliphatic heterocycles. The van der Waals surface area contributed by atoms with E-state index in [-0.39, 0.29) is 32.0 Å². The molecule has 0 spiro atoms. The fourth-order valence-corrected chi connectivity index (χ4v) is 5.98. The van der Waals surface area contributed by atoms with E-state index in [9.17, 15) is 24.0 Å². The Morgan fingerprint density at radius 2 is 1.38 bits per heavy atom. The summed E-state index contributed by atoms with van der Waals surface area (Å²) in [6, 6.07) is 15.1. The Balaban J connectivity index is 1.38. The highest BCUT2D eigenvalue weighted by Crippen LogP contribution is 2.27. The van der Waals surface area contributed by atoms with Crippen molar-refractivity contribution < 1.29 is 38.2 Å². The predicted octanol–water partition coefficient (Wildman–Crippen LogP) is 3.85. The molecule has 4 atom stereocenters. The van der Waals surface area contributed by atoms with E-state index in [1.54, 1.807) is 20.8 Å². The van der Waals surface area contributed by atoms with Gasteiger partial charge in [0, 0.05) is 13.1 Å². The second-order valence-corrected chi connectivity index (χ2v) is 13.3. The Kier molecular flexibility index (Phi) is 13.0. The van der Waals surface area contributed by atoms with Crippen molar-refractivity contribution in [2.24, 2.45) is 5.73 Å². The molecule has 0 radical (unpaired) electrons. The second kappa shape index (κ2) is 17.1. The monoisotopic (exact) mass is 664 g/mol. The molecule has 0 saturated carbocycles. The van der Waals surface area contributed by atoms with Crippen molar-refractivity contribution >= 4 is 29.8 Å². The first-order valence-electron chi connectivity index (χ1n) is 16.7. The van der Waals surface area contributed by atoms with Gasteiger partial charge in [-0.05, 0) is 76.8 Å². The van der Waals surface area contributed by atoms with E-state index >= 15 is 0 Å². The SMILES string of the molecule is CC(C)(C)OC(=O)N[C@@H](CCCC(N)C(=O)OCc1ccccc1)C(=O)N1CCC[C@H]1C(=O)N1CCC[C@H]1C(=O)OCc1ccccc1. The molecule has 12 heteroatoms. The molecule has 2 saturated heterocycles. The number of likely N-dealkylation sites (tertiary alicyclic amines) is 2. The van der Waals surface area contributed by atoms with Crippen LogP contribution in [0.25, 0.3) is 0 Å². The standard InChI is InChI=1S/C36H48N4O8/c1-36(2,3)48-35(45)38-28(18-10-17-27(37)33(43)46-23-25-13-6-4-7-14-25)31(41)39-21-11-19-29(39)32(42)40-22-12-20-30(40)34(44)47-24-26-15-8-5-9-16-26/h4-9,13-16,27-30H,10-12,17-24,37H2,1-3H3,(H,38,45)/t27?,28-,29-,30-/m0/s1. The Bertz CT molecular complexity index is 1400. The maximum Gasteiger partial charge on any atom is 0.408 e. The van der Waals surface area contributed by atoms with E-state index in [1.165, 1.54) is 9.80 Å². The Morgan fingerprint density at radius 1 is 0.812 bits per heavy atom. The van der Waals surface area contributed by atoms with Crippen molar-refractivity contribution in [2.75, 3.05) is 13.1 Å². The summed E-state index contributed by atoms with van der Waals surface area (Å²) in [6.07, 6.45) is 2.09. The molecule has 2 aliphatic rings. The Hall–Kier alpha value is -4.45. The first-order chi connectivity index (χ1) is 22.9. The maximum atomic E-state index is 14.0. The third kappa shape index (κ3) is 10.5. The number of rotatable bonds is 13. The van der Waals surface area contributed by atoms with Gasteiger partial charge in [-0.25, -0.2) is 9.59 Å². The third-order valence-electron chi connectivity index (χ3n) is 8.38. The van der Waals surface area contributed by atoms with Gasteiger partial charge in [0.2, 0.25) is 11.8 Å². The summed E-state index contributed by atoms with van der Waals surface area (Å²) in [7, 11) is 0. The molecule has 48 heavy (non-hydrogen) atoms. The van der Waals surface area contributed by atoms with E-state index in [2.05, 4.69) is 5.32 Å². The van der Waals surface area contributed by atoms with Gasteiger partial charge in [-0.3, -0.25) is 14.4 Å². The van der Waals surface area contributed by atoms with Crippen molar-refractivity contribution in [2.45, 2.75) is 109 Å². The molecule has 2 fully saturated rings. The fourth-order valence-electron chi connectivity index (χ4n) is 5.98. The van der Waals surface area contributed by atoms with E-state index in [0.717, 1.165) is 11.1 Å².